The lowest BCUT2D eigenvalue weighted by Gasteiger charge is -2.07. The van der Waals surface area contributed by atoms with E-state index in [0.29, 0.717) is 23.7 Å². The van der Waals surface area contributed by atoms with Crippen molar-refractivity contribution in [2.45, 2.75) is 25.9 Å². The molecule has 1 fully saturated rings. The predicted molar refractivity (Wildman–Crippen MR) is 93.6 cm³/mol. The number of carbonyl (C=O) groups excluding carboxylic acids is 2. The van der Waals surface area contributed by atoms with Crippen LogP contribution in [0.1, 0.15) is 34.3 Å². The minimum Gasteiger partial charge on any atom is -0.352 e. The molecule has 124 valence electrons. The fourth-order valence-corrected chi connectivity index (χ4v) is 2.47. The highest BCUT2D eigenvalue weighted by molar-refractivity contribution is 6.30. The van der Waals surface area contributed by atoms with Crippen molar-refractivity contribution in [1.29, 1.82) is 0 Å². The zero-order valence-corrected chi connectivity index (χ0v) is 14.0. The SMILES string of the molecule is O=C(NCc1ccc(Cl)cc1)c1ccc(CNC(=O)C2CC2)cc1. The summed E-state index contributed by atoms with van der Waals surface area (Å²) in [5.41, 5.74) is 2.58. The van der Waals surface area contributed by atoms with Crippen LogP contribution < -0.4 is 10.6 Å². The van der Waals surface area contributed by atoms with Crippen molar-refractivity contribution >= 4 is 23.4 Å². The normalized spacial score (nSPS) is 13.4. The monoisotopic (exact) mass is 342 g/mol. The fourth-order valence-electron chi connectivity index (χ4n) is 2.34. The first-order valence-electron chi connectivity index (χ1n) is 8.01. The van der Waals surface area contributed by atoms with E-state index in [1.54, 1.807) is 24.3 Å². The number of amides is 2. The summed E-state index contributed by atoms with van der Waals surface area (Å²) >= 11 is 5.84. The second kappa shape index (κ2) is 7.49. The molecule has 4 nitrogen and oxygen atoms in total. The van der Waals surface area contributed by atoms with E-state index >= 15 is 0 Å². The van der Waals surface area contributed by atoms with E-state index in [1.165, 1.54) is 0 Å². The third kappa shape index (κ3) is 4.59. The summed E-state index contributed by atoms with van der Waals surface area (Å²) < 4.78 is 0. The van der Waals surface area contributed by atoms with E-state index in [4.69, 9.17) is 11.6 Å². The van der Waals surface area contributed by atoms with Crippen molar-refractivity contribution in [2.75, 3.05) is 0 Å². The number of nitrogens with one attached hydrogen (secondary N) is 2. The molecule has 0 heterocycles. The van der Waals surface area contributed by atoms with Crippen LogP contribution in [0, 0.1) is 5.92 Å². The van der Waals surface area contributed by atoms with Crippen LogP contribution in [-0.2, 0) is 17.9 Å². The Kier molecular flexibility index (Phi) is 5.16. The molecule has 5 heteroatoms. The van der Waals surface area contributed by atoms with Crippen LogP contribution in [0.25, 0.3) is 0 Å². The highest BCUT2D eigenvalue weighted by Gasteiger charge is 2.29. The number of benzene rings is 2. The van der Waals surface area contributed by atoms with Crippen LogP contribution >= 0.6 is 11.6 Å². The van der Waals surface area contributed by atoms with Crippen LogP contribution in [0.15, 0.2) is 48.5 Å². The van der Waals surface area contributed by atoms with Gasteiger partial charge in [-0.05, 0) is 48.2 Å². The smallest absolute Gasteiger partial charge is 0.251 e. The molecule has 24 heavy (non-hydrogen) atoms. The summed E-state index contributed by atoms with van der Waals surface area (Å²) in [6.07, 6.45) is 2.00. The molecular weight excluding hydrogens is 324 g/mol. The number of carbonyl (C=O) groups is 2. The number of hydrogen-bond acceptors (Lipinski definition) is 2. The number of halogens is 1. The van der Waals surface area contributed by atoms with Gasteiger partial charge >= 0.3 is 0 Å². The lowest BCUT2D eigenvalue weighted by atomic mass is 10.1. The second-order valence-corrected chi connectivity index (χ2v) is 6.43. The molecule has 2 N–H and O–H groups in total. The minimum atomic E-state index is -0.126. The Morgan fingerprint density at radius 1 is 0.875 bits per heavy atom. The fraction of sp³-hybridized carbons (Fsp3) is 0.263. The van der Waals surface area contributed by atoms with Gasteiger partial charge in [-0.15, -0.1) is 0 Å². The van der Waals surface area contributed by atoms with E-state index in [-0.39, 0.29) is 17.7 Å². The lowest BCUT2D eigenvalue weighted by molar-refractivity contribution is -0.122. The molecule has 0 radical (unpaired) electrons. The average Bonchev–Trinajstić information content (AvgIpc) is 3.44. The second-order valence-electron chi connectivity index (χ2n) is 6.00. The van der Waals surface area contributed by atoms with Gasteiger partial charge in [0, 0.05) is 29.6 Å². The van der Waals surface area contributed by atoms with Gasteiger partial charge in [0.15, 0.2) is 0 Å². The van der Waals surface area contributed by atoms with Gasteiger partial charge in [-0.2, -0.15) is 0 Å². The average molecular weight is 343 g/mol. The Bertz CT molecular complexity index is 722. The van der Waals surface area contributed by atoms with Gasteiger partial charge in [-0.25, -0.2) is 0 Å². The van der Waals surface area contributed by atoms with Gasteiger partial charge in [-0.3, -0.25) is 9.59 Å². The Morgan fingerprint density at radius 3 is 2.00 bits per heavy atom. The summed E-state index contributed by atoms with van der Waals surface area (Å²) in [5.74, 6) is 0.209. The van der Waals surface area contributed by atoms with E-state index in [1.807, 2.05) is 24.3 Å². The summed E-state index contributed by atoms with van der Waals surface area (Å²) in [6, 6.07) is 14.6. The molecule has 0 bridgehead atoms. The van der Waals surface area contributed by atoms with Gasteiger partial charge in [0.1, 0.15) is 0 Å². The molecule has 0 spiro atoms. The minimum absolute atomic E-state index is 0.125. The summed E-state index contributed by atoms with van der Waals surface area (Å²) in [6.45, 7) is 0.956. The Hall–Kier alpha value is -2.33. The first-order chi connectivity index (χ1) is 11.6. The summed E-state index contributed by atoms with van der Waals surface area (Å²) in [7, 11) is 0. The van der Waals surface area contributed by atoms with Gasteiger partial charge in [0.2, 0.25) is 5.91 Å². The standard InChI is InChI=1S/C19H19ClN2O2/c20-17-9-3-14(4-10-17)12-22-18(23)15-5-1-13(2-6-15)11-21-19(24)16-7-8-16/h1-6,9-10,16H,7-8,11-12H2,(H,21,24)(H,22,23). The van der Waals surface area contributed by atoms with Crippen molar-refractivity contribution in [3.8, 4) is 0 Å². The van der Waals surface area contributed by atoms with Crippen molar-refractivity contribution in [3.63, 3.8) is 0 Å². The lowest BCUT2D eigenvalue weighted by Crippen LogP contribution is -2.24. The Balaban J connectivity index is 1.49. The van der Waals surface area contributed by atoms with Crippen molar-refractivity contribution < 1.29 is 9.59 Å². The molecule has 0 aliphatic heterocycles. The topological polar surface area (TPSA) is 58.2 Å². The molecule has 0 aromatic heterocycles. The molecule has 2 aromatic carbocycles. The van der Waals surface area contributed by atoms with E-state index in [2.05, 4.69) is 10.6 Å². The quantitative estimate of drug-likeness (QED) is 0.846. The van der Waals surface area contributed by atoms with Crippen molar-refractivity contribution in [2.24, 2.45) is 5.92 Å². The Labute approximate surface area is 146 Å². The summed E-state index contributed by atoms with van der Waals surface area (Å²) in [5, 5.41) is 6.46. The first kappa shape index (κ1) is 16.5. The maximum atomic E-state index is 12.2. The van der Waals surface area contributed by atoms with Crippen molar-refractivity contribution in [1.82, 2.24) is 10.6 Å². The third-order valence-electron chi connectivity index (χ3n) is 4.00. The predicted octanol–water partition coefficient (Wildman–Crippen LogP) is 3.30. The van der Waals surface area contributed by atoms with E-state index < -0.39 is 0 Å². The Morgan fingerprint density at radius 2 is 1.42 bits per heavy atom. The molecule has 1 aliphatic carbocycles. The van der Waals surface area contributed by atoms with Crippen molar-refractivity contribution in [3.05, 3.63) is 70.2 Å². The maximum absolute atomic E-state index is 12.2. The molecule has 0 unspecified atom stereocenters. The molecule has 2 amide bonds. The van der Waals surface area contributed by atoms with Crippen LogP contribution in [0.5, 0.6) is 0 Å². The number of rotatable bonds is 6. The van der Waals surface area contributed by atoms with Gasteiger partial charge in [0.25, 0.3) is 5.91 Å². The molecule has 2 aromatic rings. The molecule has 1 aliphatic rings. The van der Waals surface area contributed by atoms with Gasteiger partial charge in [0.05, 0.1) is 0 Å². The highest BCUT2D eigenvalue weighted by Crippen LogP contribution is 2.28. The first-order valence-corrected chi connectivity index (χ1v) is 8.39. The molecule has 1 saturated carbocycles. The molecular formula is C19H19ClN2O2. The van der Waals surface area contributed by atoms with Crippen LogP contribution in [0.2, 0.25) is 5.02 Å². The highest BCUT2D eigenvalue weighted by atomic mass is 35.5. The molecule has 0 saturated heterocycles. The van der Waals surface area contributed by atoms with Crippen LogP contribution in [0.3, 0.4) is 0 Å². The molecule has 3 rings (SSSR count). The third-order valence-corrected chi connectivity index (χ3v) is 4.25. The zero-order chi connectivity index (χ0) is 16.9. The summed E-state index contributed by atoms with van der Waals surface area (Å²) in [4.78, 5) is 23.8. The maximum Gasteiger partial charge on any atom is 0.251 e. The molecule has 0 atom stereocenters. The largest absolute Gasteiger partial charge is 0.352 e. The van der Waals surface area contributed by atoms with Gasteiger partial charge in [-0.1, -0.05) is 35.9 Å². The van der Waals surface area contributed by atoms with E-state index in [0.717, 1.165) is 24.0 Å². The van der Waals surface area contributed by atoms with E-state index in [9.17, 15) is 9.59 Å². The number of hydrogen-bond donors (Lipinski definition) is 2. The van der Waals surface area contributed by atoms with Crippen LogP contribution in [0.4, 0.5) is 0 Å². The van der Waals surface area contributed by atoms with Crippen LogP contribution in [-0.4, -0.2) is 11.8 Å². The zero-order valence-electron chi connectivity index (χ0n) is 13.2. The van der Waals surface area contributed by atoms with Gasteiger partial charge < -0.3 is 10.6 Å².